The predicted molar refractivity (Wildman–Crippen MR) is 117 cm³/mol. The van der Waals surface area contributed by atoms with E-state index in [1.807, 2.05) is 36.4 Å². The van der Waals surface area contributed by atoms with Crippen LogP contribution in [-0.4, -0.2) is 24.0 Å². The highest BCUT2D eigenvalue weighted by Gasteiger charge is 2.21. The predicted octanol–water partition coefficient (Wildman–Crippen LogP) is 4.39. The van der Waals surface area contributed by atoms with Crippen LogP contribution < -0.4 is 10.6 Å². The highest BCUT2D eigenvalue weighted by atomic mass is 127. The van der Waals surface area contributed by atoms with Gasteiger partial charge in [-0.05, 0) is 36.8 Å². The van der Waals surface area contributed by atoms with E-state index in [4.69, 9.17) is 11.6 Å². The summed E-state index contributed by atoms with van der Waals surface area (Å²) in [5.74, 6) is 0.790. The monoisotopic (exact) mass is 472 g/mol. The van der Waals surface area contributed by atoms with Crippen LogP contribution in [0.5, 0.6) is 0 Å². The Labute approximate surface area is 172 Å². The third kappa shape index (κ3) is 7.20. The van der Waals surface area contributed by atoms with Crippen LogP contribution in [-0.2, 0) is 12.0 Å². The molecule has 136 valence electrons. The minimum absolute atomic E-state index is 0. The number of benzene rings is 1. The zero-order valence-corrected chi connectivity index (χ0v) is 18.0. The second-order valence-corrected chi connectivity index (χ2v) is 6.70. The molecule has 0 aliphatic heterocycles. The zero-order chi connectivity index (χ0) is 17.4. The summed E-state index contributed by atoms with van der Waals surface area (Å²) < 4.78 is 0. The van der Waals surface area contributed by atoms with Crippen molar-refractivity contribution in [3.05, 3.63) is 64.9 Å². The number of pyridine rings is 1. The van der Waals surface area contributed by atoms with Crippen LogP contribution in [0.2, 0.25) is 5.02 Å². The van der Waals surface area contributed by atoms with E-state index >= 15 is 0 Å². The highest BCUT2D eigenvalue weighted by Crippen LogP contribution is 2.24. The molecule has 0 aliphatic carbocycles. The second kappa shape index (κ2) is 10.6. The smallest absolute Gasteiger partial charge is 0.191 e. The molecule has 0 saturated heterocycles. The third-order valence-electron chi connectivity index (χ3n) is 3.77. The van der Waals surface area contributed by atoms with E-state index in [1.165, 1.54) is 5.56 Å². The molecule has 2 N–H and O–H groups in total. The Hall–Kier alpha value is -1.34. The lowest BCUT2D eigenvalue weighted by atomic mass is 9.84. The first-order valence-corrected chi connectivity index (χ1v) is 8.57. The van der Waals surface area contributed by atoms with Gasteiger partial charge in [0.15, 0.2) is 5.96 Å². The molecule has 0 spiro atoms. The molecule has 0 aliphatic rings. The lowest BCUT2D eigenvalue weighted by Gasteiger charge is -2.27. The van der Waals surface area contributed by atoms with Crippen LogP contribution in [0.3, 0.4) is 0 Å². The van der Waals surface area contributed by atoms with Gasteiger partial charge in [0, 0.05) is 29.7 Å². The Morgan fingerprint density at radius 2 is 1.96 bits per heavy atom. The fourth-order valence-electron chi connectivity index (χ4n) is 2.31. The quantitative estimate of drug-likeness (QED) is 0.372. The molecule has 2 aromatic rings. The van der Waals surface area contributed by atoms with E-state index in [1.54, 1.807) is 6.20 Å². The number of rotatable bonds is 6. The Morgan fingerprint density at radius 1 is 1.16 bits per heavy atom. The number of nitrogens with zero attached hydrogens (tertiary/aromatic N) is 2. The van der Waals surface area contributed by atoms with Crippen LogP contribution in [0.15, 0.2) is 53.7 Å². The Balaban J connectivity index is 0.00000312. The summed E-state index contributed by atoms with van der Waals surface area (Å²) in [5, 5.41) is 7.45. The van der Waals surface area contributed by atoms with Crippen LogP contribution in [0.25, 0.3) is 0 Å². The minimum Gasteiger partial charge on any atom is -0.357 e. The number of guanidine groups is 1. The molecule has 2 rings (SSSR count). The Kier molecular flexibility index (Phi) is 9.21. The minimum atomic E-state index is -0.0634. The molecule has 1 aromatic carbocycles. The largest absolute Gasteiger partial charge is 0.357 e. The van der Waals surface area contributed by atoms with E-state index in [-0.39, 0.29) is 29.4 Å². The normalized spacial score (nSPS) is 11.6. The maximum atomic E-state index is 6.12. The molecule has 6 heteroatoms. The highest BCUT2D eigenvalue weighted by molar-refractivity contribution is 14.0. The fraction of sp³-hybridized carbons (Fsp3) is 0.368. The summed E-state index contributed by atoms with van der Waals surface area (Å²) in [4.78, 5) is 8.90. The molecular formula is C19H26ClIN4. The summed E-state index contributed by atoms with van der Waals surface area (Å²) in [6.07, 6.45) is 1.79. The van der Waals surface area contributed by atoms with Crippen LogP contribution >= 0.6 is 35.6 Å². The number of nitrogens with one attached hydrogen (secondary N) is 2. The van der Waals surface area contributed by atoms with Crippen LogP contribution in [0.1, 0.15) is 32.0 Å². The molecule has 0 atom stereocenters. The van der Waals surface area contributed by atoms with Gasteiger partial charge < -0.3 is 10.6 Å². The van der Waals surface area contributed by atoms with Crippen molar-refractivity contribution in [2.75, 3.05) is 13.1 Å². The first kappa shape index (κ1) is 21.7. The lowest BCUT2D eigenvalue weighted by molar-refractivity contribution is 0.508. The van der Waals surface area contributed by atoms with Crippen molar-refractivity contribution in [2.24, 2.45) is 4.99 Å². The molecule has 0 amide bonds. The molecule has 0 unspecified atom stereocenters. The van der Waals surface area contributed by atoms with Gasteiger partial charge in [0.25, 0.3) is 0 Å². The van der Waals surface area contributed by atoms with E-state index < -0.39 is 0 Å². The van der Waals surface area contributed by atoms with Gasteiger partial charge in [-0.25, -0.2) is 4.99 Å². The lowest BCUT2D eigenvalue weighted by Crippen LogP contribution is -2.43. The zero-order valence-electron chi connectivity index (χ0n) is 14.9. The molecule has 1 aromatic heterocycles. The summed E-state index contributed by atoms with van der Waals surface area (Å²) in [7, 11) is 0. The van der Waals surface area contributed by atoms with Crippen LogP contribution in [0.4, 0.5) is 0 Å². The van der Waals surface area contributed by atoms with Gasteiger partial charge in [0.05, 0.1) is 12.2 Å². The van der Waals surface area contributed by atoms with Crippen molar-refractivity contribution in [1.82, 2.24) is 15.6 Å². The summed E-state index contributed by atoms with van der Waals surface area (Å²) in [6.45, 7) is 8.54. The first-order valence-electron chi connectivity index (χ1n) is 8.19. The molecule has 0 radical (unpaired) electrons. The number of hydrogen-bond donors (Lipinski definition) is 2. The molecule has 0 bridgehead atoms. The summed E-state index contributed by atoms with van der Waals surface area (Å²) >= 11 is 6.12. The summed E-state index contributed by atoms with van der Waals surface area (Å²) in [6, 6.07) is 13.9. The molecule has 25 heavy (non-hydrogen) atoms. The molecular weight excluding hydrogens is 447 g/mol. The van der Waals surface area contributed by atoms with Gasteiger partial charge in [-0.2, -0.15) is 0 Å². The molecule has 4 nitrogen and oxygen atoms in total. The van der Waals surface area contributed by atoms with Crippen molar-refractivity contribution in [3.63, 3.8) is 0 Å². The van der Waals surface area contributed by atoms with E-state index in [9.17, 15) is 0 Å². The maximum Gasteiger partial charge on any atom is 0.191 e. The number of aliphatic imine (C=N–C) groups is 1. The number of halogens is 2. The second-order valence-electron chi connectivity index (χ2n) is 6.26. The standard InChI is InChI=1S/C19H25ClN4.HI/c1-4-21-18(23-13-17-10-5-6-11-22-17)24-14-19(2,3)15-8-7-9-16(20)12-15;/h5-12H,4,13-14H2,1-3H3,(H2,21,23,24);1H. The average molecular weight is 473 g/mol. The Morgan fingerprint density at radius 3 is 2.60 bits per heavy atom. The van der Waals surface area contributed by atoms with Crippen molar-refractivity contribution in [2.45, 2.75) is 32.7 Å². The molecule has 1 heterocycles. The number of aromatic nitrogens is 1. The van der Waals surface area contributed by atoms with Gasteiger partial charge in [0.1, 0.15) is 0 Å². The van der Waals surface area contributed by atoms with Gasteiger partial charge in [-0.15, -0.1) is 24.0 Å². The topological polar surface area (TPSA) is 49.3 Å². The van der Waals surface area contributed by atoms with Gasteiger partial charge in [-0.3, -0.25) is 4.98 Å². The summed E-state index contributed by atoms with van der Waals surface area (Å²) in [5.41, 5.74) is 2.08. The first-order chi connectivity index (χ1) is 11.5. The van der Waals surface area contributed by atoms with Crippen molar-refractivity contribution < 1.29 is 0 Å². The van der Waals surface area contributed by atoms with E-state index in [0.29, 0.717) is 6.54 Å². The SMILES string of the molecule is CCNC(=NCc1ccccn1)NCC(C)(C)c1cccc(Cl)c1.I. The van der Waals surface area contributed by atoms with Gasteiger partial charge in [-0.1, -0.05) is 43.6 Å². The van der Waals surface area contributed by atoms with E-state index in [0.717, 1.165) is 29.8 Å². The number of hydrogen-bond acceptors (Lipinski definition) is 2. The van der Waals surface area contributed by atoms with Crippen molar-refractivity contribution >= 4 is 41.5 Å². The third-order valence-corrected chi connectivity index (χ3v) is 4.01. The van der Waals surface area contributed by atoms with Gasteiger partial charge >= 0.3 is 0 Å². The van der Waals surface area contributed by atoms with Crippen molar-refractivity contribution in [3.8, 4) is 0 Å². The van der Waals surface area contributed by atoms with Gasteiger partial charge in [0.2, 0.25) is 0 Å². The Bertz CT molecular complexity index is 674. The average Bonchev–Trinajstić information content (AvgIpc) is 2.58. The molecule has 0 fully saturated rings. The fourth-order valence-corrected chi connectivity index (χ4v) is 2.50. The maximum absolute atomic E-state index is 6.12. The van der Waals surface area contributed by atoms with Crippen LogP contribution in [0, 0.1) is 0 Å². The molecule has 0 saturated carbocycles. The van der Waals surface area contributed by atoms with Crippen molar-refractivity contribution in [1.29, 1.82) is 0 Å². The van der Waals surface area contributed by atoms with E-state index in [2.05, 4.69) is 47.4 Å².